The van der Waals surface area contributed by atoms with Crippen LogP contribution in [0.2, 0.25) is 0 Å². The number of aliphatic hydroxyl groups excluding tert-OH is 1. The lowest BCUT2D eigenvalue weighted by Gasteiger charge is -2.29. The Kier molecular flexibility index (Phi) is 5.82. The van der Waals surface area contributed by atoms with Gasteiger partial charge in [-0.1, -0.05) is 0 Å². The van der Waals surface area contributed by atoms with Gasteiger partial charge in [-0.25, -0.2) is 0 Å². The second kappa shape index (κ2) is 7.38. The molecule has 0 bridgehead atoms. The van der Waals surface area contributed by atoms with Crippen LogP contribution < -0.4 is 5.32 Å². The number of aliphatic hydroxyl groups is 1. The minimum absolute atomic E-state index is 0.0396. The van der Waals surface area contributed by atoms with Crippen molar-refractivity contribution < 1.29 is 19.8 Å². The first-order valence-corrected chi connectivity index (χ1v) is 6.06. The van der Waals surface area contributed by atoms with Gasteiger partial charge in [-0.15, -0.1) is 0 Å². The number of amides is 1. The summed E-state index contributed by atoms with van der Waals surface area (Å²) in [5.41, 5.74) is -0.0396. The molecule has 0 aromatic heterocycles. The van der Waals surface area contributed by atoms with Crippen molar-refractivity contribution in [3.05, 3.63) is 11.8 Å². The van der Waals surface area contributed by atoms with E-state index in [0.717, 1.165) is 0 Å². The molecule has 1 fully saturated rings. The zero-order valence-corrected chi connectivity index (χ0v) is 10.5. The Hall–Kier alpha value is -2.07. The lowest BCUT2D eigenvalue weighted by molar-refractivity contribution is -0.145. The number of nitriles is 1. The SMILES string of the molecule is N#C/C(=C/NCCO)C(=O)N1CCC(C(=O)O)CC1. The number of carbonyl (C=O) groups excluding carboxylic acids is 1. The number of nitrogens with zero attached hydrogens (tertiary/aromatic N) is 2. The van der Waals surface area contributed by atoms with Gasteiger partial charge in [0.1, 0.15) is 11.6 Å². The third-order valence-electron chi connectivity index (χ3n) is 2.98. The van der Waals surface area contributed by atoms with Crippen molar-refractivity contribution in [1.29, 1.82) is 5.26 Å². The minimum Gasteiger partial charge on any atom is -0.481 e. The van der Waals surface area contributed by atoms with Gasteiger partial charge in [-0.3, -0.25) is 9.59 Å². The zero-order chi connectivity index (χ0) is 14.3. The van der Waals surface area contributed by atoms with Gasteiger partial charge in [0.15, 0.2) is 0 Å². The molecule has 1 aliphatic heterocycles. The maximum atomic E-state index is 12.0. The summed E-state index contributed by atoms with van der Waals surface area (Å²) in [5, 5.41) is 29.0. The molecular weight excluding hydrogens is 250 g/mol. The van der Waals surface area contributed by atoms with Crippen molar-refractivity contribution >= 4 is 11.9 Å². The Morgan fingerprint density at radius 1 is 1.42 bits per heavy atom. The summed E-state index contributed by atoms with van der Waals surface area (Å²) in [7, 11) is 0. The fourth-order valence-electron chi connectivity index (χ4n) is 1.88. The Morgan fingerprint density at radius 2 is 2.05 bits per heavy atom. The van der Waals surface area contributed by atoms with Crippen LogP contribution in [0.15, 0.2) is 11.8 Å². The number of nitrogens with one attached hydrogen (secondary N) is 1. The zero-order valence-electron chi connectivity index (χ0n) is 10.5. The van der Waals surface area contributed by atoms with E-state index in [-0.39, 0.29) is 18.7 Å². The van der Waals surface area contributed by atoms with Crippen LogP contribution in [-0.4, -0.2) is 53.2 Å². The molecule has 3 N–H and O–H groups in total. The fraction of sp³-hybridized carbons (Fsp3) is 0.583. The van der Waals surface area contributed by atoms with E-state index in [1.807, 2.05) is 0 Å². The average Bonchev–Trinajstić information content (AvgIpc) is 2.43. The van der Waals surface area contributed by atoms with Crippen LogP contribution in [0, 0.1) is 17.2 Å². The Bertz CT molecular complexity index is 406. The van der Waals surface area contributed by atoms with Crippen molar-refractivity contribution in [3.63, 3.8) is 0 Å². The van der Waals surface area contributed by atoms with Crippen molar-refractivity contribution in [3.8, 4) is 6.07 Å². The number of piperidine rings is 1. The van der Waals surface area contributed by atoms with Crippen LogP contribution in [0.1, 0.15) is 12.8 Å². The van der Waals surface area contributed by atoms with Crippen LogP contribution in [0.4, 0.5) is 0 Å². The molecule has 0 spiro atoms. The monoisotopic (exact) mass is 267 g/mol. The minimum atomic E-state index is -0.840. The molecule has 7 nitrogen and oxygen atoms in total. The quantitative estimate of drug-likeness (QED) is 0.345. The van der Waals surface area contributed by atoms with Gasteiger partial charge in [-0.2, -0.15) is 5.26 Å². The van der Waals surface area contributed by atoms with Crippen molar-refractivity contribution in [2.75, 3.05) is 26.2 Å². The number of rotatable bonds is 5. The molecule has 0 aromatic rings. The Morgan fingerprint density at radius 3 is 2.53 bits per heavy atom. The van der Waals surface area contributed by atoms with Gasteiger partial charge in [0.2, 0.25) is 0 Å². The molecule has 0 radical (unpaired) electrons. The van der Waals surface area contributed by atoms with E-state index >= 15 is 0 Å². The molecule has 0 saturated carbocycles. The molecule has 7 heteroatoms. The number of hydrogen-bond acceptors (Lipinski definition) is 5. The number of likely N-dealkylation sites (tertiary alicyclic amines) is 1. The normalized spacial score (nSPS) is 16.8. The highest BCUT2D eigenvalue weighted by Crippen LogP contribution is 2.18. The average molecular weight is 267 g/mol. The molecular formula is C12H17N3O4. The third-order valence-corrected chi connectivity index (χ3v) is 2.98. The molecule has 0 unspecified atom stereocenters. The number of carboxylic acids is 1. The summed E-state index contributed by atoms with van der Waals surface area (Å²) in [6.07, 6.45) is 2.09. The highest BCUT2D eigenvalue weighted by atomic mass is 16.4. The Labute approximate surface area is 111 Å². The van der Waals surface area contributed by atoms with Gasteiger partial charge in [0.25, 0.3) is 5.91 Å². The van der Waals surface area contributed by atoms with Gasteiger partial charge >= 0.3 is 5.97 Å². The number of carbonyl (C=O) groups is 2. The number of aliphatic carboxylic acids is 1. The molecule has 0 atom stereocenters. The van der Waals surface area contributed by atoms with Gasteiger partial charge in [-0.05, 0) is 12.8 Å². The van der Waals surface area contributed by atoms with E-state index in [4.69, 9.17) is 15.5 Å². The number of hydrogen-bond donors (Lipinski definition) is 3. The standard InChI is InChI=1S/C12H17N3O4/c13-7-10(8-14-3-6-16)11(17)15-4-1-9(2-5-15)12(18)19/h8-9,14,16H,1-6H2,(H,18,19)/b10-8-. The topological polar surface area (TPSA) is 114 Å². The second-order valence-electron chi connectivity index (χ2n) is 4.25. The highest BCUT2D eigenvalue weighted by molar-refractivity contribution is 5.97. The molecule has 1 aliphatic rings. The summed E-state index contributed by atoms with van der Waals surface area (Å²) in [6.45, 7) is 0.858. The number of carboxylic acid groups (broad SMARTS) is 1. The third kappa shape index (κ3) is 4.26. The predicted octanol–water partition coefficient (Wildman–Crippen LogP) is -0.701. The molecule has 0 aliphatic carbocycles. The summed E-state index contributed by atoms with van der Waals surface area (Å²) >= 11 is 0. The van der Waals surface area contributed by atoms with Crippen LogP contribution in [0.5, 0.6) is 0 Å². The second-order valence-corrected chi connectivity index (χ2v) is 4.25. The van der Waals surface area contributed by atoms with Crippen molar-refractivity contribution in [1.82, 2.24) is 10.2 Å². The molecule has 1 heterocycles. The van der Waals surface area contributed by atoms with Crippen molar-refractivity contribution in [2.24, 2.45) is 5.92 Å². The van der Waals surface area contributed by atoms with E-state index in [2.05, 4.69) is 5.32 Å². The summed E-state index contributed by atoms with van der Waals surface area (Å²) in [5.74, 6) is -1.66. The largest absolute Gasteiger partial charge is 0.481 e. The van der Waals surface area contributed by atoms with Crippen LogP contribution in [0.25, 0.3) is 0 Å². The smallest absolute Gasteiger partial charge is 0.306 e. The molecule has 1 rings (SSSR count). The molecule has 19 heavy (non-hydrogen) atoms. The molecule has 1 saturated heterocycles. The maximum Gasteiger partial charge on any atom is 0.306 e. The predicted molar refractivity (Wildman–Crippen MR) is 65.7 cm³/mol. The molecule has 1 amide bonds. The van der Waals surface area contributed by atoms with E-state index in [0.29, 0.717) is 25.9 Å². The van der Waals surface area contributed by atoms with Crippen LogP contribution in [-0.2, 0) is 9.59 Å². The van der Waals surface area contributed by atoms with Gasteiger partial charge < -0.3 is 20.4 Å². The van der Waals surface area contributed by atoms with Gasteiger partial charge in [0, 0.05) is 25.8 Å². The van der Waals surface area contributed by atoms with E-state index in [1.165, 1.54) is 11.1 Å². The lowest BCUT2D eigenvalue weighted by atomic mass is 9.97. The molecule has 0 aromatic carbocycles. The summed E-state index contributed by atoms with van der Waals surface area (Å²) < 4.78 is 0. The van der Waals surface area contributed by atoms with E-state index < -0.39 is 17.8 Å². The Balaban J connectivity index is 2.56. The van der Waals surface area contributed by atoms with E-state index in [9.17, 15) is 9.59 Å². The van der Waals surface area contributed by atoms with Gasteiger partial charge in [0.05, 0.1) is 12.5 Å². The van der Waals surface area contributed by atoms with Crippen LogP contribution >= 0.6 is 0 Å². The fourth-order valence-corrected chi connectivity index (χ4v) is 1.88. The molecule has 104 valence electrons. The van der Waals surface area contributed by atoms with E-state index in [1.54, 1.807) is 6.07 Å². The summed E-state index contributed by atoms with van der Waals surface area (Å²) in [6, 6.07) is 1.80. The van der Waals surface area contributed by atoms with Crippen molar-refractivity contribution in [2.45, 2.75) is 12.8 Å². The first kappa shape index (κ1) is 15.0. The first-order chi connectivity index (χ1) is 9.10. The lowest BCUT2D eigenvalue weighted by Crippen LogP contribution is -2.41. The first-order valence-electron chi connectivity index (χ1n) is 6.06. The highest BCUT2D eigenvalue weighted by Gasteiger charge is 2.28. The summed E-state index contributed by atoms with van der Waals surface area (Å²) in [4.78, 5) is 24.3. The van der Waals surface area contributed by atoms with Crippen LogP contribution in [0.3, 0.4) is 0 Å². The maximum absolute atomic E-state index is 12.0.